The van der Waals surface area contributed by atoms with Gasteiger partial charge in [-0.15, -0.1) is 0 Å². The molecule has 1 aromatic heterocycles. The SMILES string of the molecule is CCC(=O)Oc1c(Cl)cccc1-n1cc(-c2cccc3ccccc23)cc(NC(=O)c2ccc(-c3ccccc3)cc2)c1=O. The fourth-order valence-electron chi connectivity index (χ4n) is 5.09. The van der Waals surface area contributed by atoms with Crippen LogP contribution in [0.2, 0.25) is 5.02 Å². The van der Waals surface area contributed by atoms with E-state index in [-0.39, 0.29) is 28.6 Å². The molecular formula is C37H27ClN2O4. The van der Waals surface area contributed by atoms with E-state index in [4.69, 9.17) is 16.3 Å². The zero-order valence-corrected chi connectivity index (χ0v) is 24.5. The van der Waals surface area contributed by atoms with E-state index < -0.39 is 17.4 Å². The molecule has 0 fully saturated rings. The van der Waals surface area contributed by atoms with Crippen molar-refractivity contribution in [3.8, 4) is 33.7 Å². The second-order valence-electron chi connectivity index (χ2n) is 10.2. The van der Waals surface area contributed by atoms with Crippen LogP contribution in [-0.4, -0.2) is 16.4 Å². The average Bonchev–Trinajstić information content (AvgIpc) is 3.06. The molecule has 0 aliphatic rings. The van der Waals surface area contributed by atoms with Crippen molar-refractivity contribution >= 4 is 39.9 Å². The molecule has 6 aromatic rings. The molecule has 216 valence electrons. The molecule has 0 spiro atoms. The van der Waals surface area contributed by atoms with Crippen LogP contribution < -0.4 is 15.6 Å². The van der Waals surface area contributed by atoms with Crippen molar-refractivity contribution in [1.29, 1.82) is 0 Å². The molecule has 1 amide bonds. The molecule has 0 aliphatic heterocycles. The monoisotopic (exact) mass is 598 g/mol. The van der Waals surface area contributed by atoms with Gasteiger partial charge in [0.2, 0.25) is 0 Å². The van der Waals surface area contributed by atoms with Gasteiger partial charge in [-0.05, 0) is 57.8 Å². The zero-order chi connectivity index (χ0) is 30.6. The molecule has 44 heavy (non-hydrogen) atoms. The minimum Gasteiger partial charge on any atom is -0.423 e. The van der Waals surface area contributed by atoms with Gasteiger partial charge in [0.1, 0.15) is 5.69 Å². The Kier molecular flexibility index (Phi) is 8.08. The Morgan fingerprint density at radius 3 is 2.23 bits per heavy atom. The predicted molar refractivity (Wildman–Crippen MR) is 176 cm³/mol. The fraction of sp³-hybridized carbons (Fsp3) is 0.0541. The van der Waals surface area contributed by atoms with Crippen LogP contribution in [0.4, 0.5) is 5.69 Å². The highest BCUT2D eigenvalue weighted by Gasteiger charge is 2.19. The number of carbonyl (C=O) groups is 2. The third kappa shape index (κ3) is 5.76. The third-order valence-corrected chi connectivity index (χ3v) is 7.63. The first kappa shape index (κ1) is 28.6. The van der Waals surface area contributed by atoms with Crippen LogP contribution in [-0.2, 0) is 4.79 Å². The van der Waals surface area contributed by atoms with Gasteiger partial charge in [0.15, 0.2) is 5.75 Å². The smallest absolute Gasteiger partial charge is 0.311 e. The molecule has 0 bridgehead atoms. The predicted octanol–water partition coefficient (Wildman–Crippen LogP) is 8.55. The number of carbonyl (C=O) groups excluding carboxylic acids is 2. The third-order valence-electron chi connectivity index (χ3n) is 7.33. The van der Waals surface area contributed by atoms with Crippen molar-refractivity contribution in [3.05, 3.63) is 148 Å². The summed E-state index contributed by atoms with van der Waals surface area (Å²) in [7, 11) is 0. The van der Waals surface area contributed by atoms with Crippen LogP contribution in [0.5, 0.6) is 5.75 Å². The van der Waals surface area contributed by atoms with Gasteiger partial charge in [-0.25, -0.2) is 0 Å². The Labute approximate surface area is 259 Å². The Morgan fingerprint density at radius 1 is 0.773 bits per heavy atom. The molecule has 0 radical (unpaired) electrons. The minimum absolute atomic E-state index is 0.0558. The van der Waals surface area contributed by atoms with Crippen molar-refractivity contribution < 1.29 is 14.3 Å². The van der Waals surface area contributed by atoms with Crippen molar-refractivity contribution in [2.24, 2.45) is 0 Å². The van der Waals surface area contributed by atoms with E-state index in [0.717, 1.165) is 27.5 Å². The van der Waals surface area contributed by atoms with E-state index in [0.29, 0.717) is 11.1 Å². The molecule has 1 N–H and O–H groups in total. The number of pyridine rings is 1. The highest BCUT2D eigenvalue weighted by atomic mass is 35.5. The van der Waals surface area contributed by atoms with Crippen molar-refractivity contribution in [1.82, 2.24) is 4.57 Å². The summed E-state index contributed by atoms with van der Waals surface area (Å²) < 4.78 is 6.93. The number of nitrogens with zero attached hydrogens (tertiary/aromatic N) is 1. The van der Waals surface area contributed by atoms with Crippen molar-refractivity contribution in [2.75, 3.05) is 5.32 Å². The number of benzene rings is 5. The number of esters is 1. The Hall–Kier alpha value is -5.46. The maximum atomic E-state index is 14.0. The maximum absolute atomic E-state index is 14.0. The number of hydrogen-bond acceptors (Lipinski definition) is 4. The highest BCUT2D eigenvalue weighted by molar-refractivity contribution is 6.32. The number of anilines is 1. The molecule has 7 heteroatoms. The maximum Gasteiger partial charge on any atom is 0.311 e. The summed E-state index contributed by atoms with van der Waals surface area (Å²) in [5.74, 6) is -0.871. The topological polar surface area (TPSA) is 77.4 Å². The van der Waals surface area contributed by atoms with Crippen LogP contribution in [0, 0.1) is 0 Å². The Bertz CT molecular complexity index is 2060. The number of fused-ring (bicyclic) bond motifs is 1. The fourth-order valence-corrected chi connectivity index (χ4v) is 5.30. The number of nitrogens with one attached hydrogen (secondary N) is 1. The number of amides is 1. The lowest BCUT2D eigenvalue weighted by atomic mass is 9.99. The van der Waals surface area contributed by atoms with Gasteiger partial charge in [-0.3, -0.25) is 19.0 Å². The zero-order valence-electron chi connectivity index (χ0n) is 23.8. The van der Waals surface area contributed by atoms with Gasteiger partial charge >= 0.3 is 5.97 Å². The van der Waals surface area contributed by atoms with Gasteiger partial charge in [0.25, 0.3) is 11.5 Å². The van der Waals surface area contributed by atoms with Gasteiger partial charge < -0.3 is 10.1 Å². The summed E-state index contributed by atoms with van der Waals surface area (Å²) >= 11 is 6.47. The van der Waals surface area contributed by atoms with Gasteiger partial charge in [-0.1, -0.05) is 110 Å². The molecule has 1 heterocycles. The van der Waals surface area contributed by atoms with Crippen molar-refractivity contribution in [3.63, 3.8) is 0 Å². The summed E-state index contributed by atoms with van der Waals surface area (Å²) in [4.78, 5) is 39.8. The average molecular weight is 599 g/mol. The number of ether oxygens (including phenoxy) is 1. The molecule has 6 nitrogen and oxygen atoms in total. The molecule has 0 atom stereocenters. The first-order chi connectivity index (χ1) is 21.4. The van der Waals surface area contributed by atoms with Crippen LogP contribution in [0.1, 0.15) is 23.7 Å². The number of halogens is 1. The minimum atomic E-state index is -0.515. The summed E-state index contributed by atoms with van der Waals surface area (Å²) in [6.07, 6.45) is 1.79. The summed E-state index contributed by atoms with van der Waals surface area (Å²) in [5.41, 5.74) is 3.74. The molecule has 0 saturated carbocycles. The number of para-hydroxylation sites is 1. The summed E-state index contributed by atoms with van der Waals surface area (Å²) in [5, 5.41) is 4.99. The molecule has 0 unspecified atom stereocenters. The van der Waals surface area contributed by atoms with Crippen LogP contribution in [0.15, 0.2) is 132 Å². The largest absolute Gasteiger partial charge is 0.423 e. The molecule has 0 saturated heterocycles. The second-order valence-corrected chi connectivity index (χ2v) is 10.6. The van der Waals surface area contributed by atoms with E-state index in [1.54, 1.807) is 49.5 Å². The quantitative estimate of drug-likeness (QED) is 0.147. The summed E-state index contributed by atoms with van der Waals surface area (Å²) in [6.45, 7) is 1.67. The van der Waals surface area contributed by atoms with E-state index in [2.05, 4.69) is 5.32 Å². The van der Waals surface area contributed by atoms with Gasteiger partial charge in [0.05, 0.1) is 10.7 Å². The summed E-state index contributed by atoms with van der Waals surface area (Å²) in [6, 6.07) is 37.4. The van der Waals surface area contributed by atoms with Gasteiger partial charge in [0, 0.05) is 23.7 Å². The van der Waals surface area contributed by atoms with E-state index in [9.17, 15) is 14.4 Å². The Morgan fingerprint density at radius 2 is 1.45 bits per heavy atom. The number of hydrogen-bond donors (Lipinski definition) is 1. The molecule has 6 rings (SSSR count). The lowest BCUT2D eigenvalue weighted by molar-refractivity contribution is -0.134. The first-order valence-electron chi connectivity index (χ1n) is 14.1. The van der Waals surface area contributed by atoms with Crippen LogP contribution in [0.25, 0.3) is 38.7 Å². The van der Waals surface area contributed by atoms with Crippen LogP contribution in [0.3, 0.4) is 0 Å². The molecule has 0 aliphatic carbocycles. The van der Waals surface area contributed by atoms with E-state index in [1.165, 1.54) is 4.57 Å². The van der Waals surface area contributed by atoms with Gasteiger partial charge in [-0.2, -0.15) is 0 Å². The molecular weight excluding hydrogens is 572 g/mol. The van der Waals surface area contributed by atoms with E-state index in [1.807, 2.05) is 84.9 Å². The Balaban J connectivity index is 1.47. The number of aromatic nitrogens is 1. The van der Waals surface area contributed by atoms with Crippen LogP contribution >= 0.6 is 11.6 Å². The number of rotatable bonds is 7. The standard InChI is InChI=1S/C37H27ClN2O4/c1-2-34(41)44-35-31(38)16-9-17-33(35)40-23-28(30-15-8-13-26-12-6-7-14-29(26)30)22-32(37(40)43)39-36(42)27-20-18-25(19-21-27)24-10-4-3-5-11-24/h3-23H,2H2,1H3,(H,39,42). The lowest BCUT2D eigenvalue weighted by Crippen LogP contribution is -2.25. The van der Waals surface area contributed by atoms with E-state index >= 15 is 0 Å². The normalized spacial score (nSPS) is 10.9. The van der Waals surface area contributed by atoms with Crippen molar-refractivity contribution in [2.45, 2.75) is 13.3 Å². The lowest BCUT2D eigenvalue weighted by Gasteiger charge is -2.17. The highest BCUT2D eigenvalue weighted by Crippen LogP contribution is 2.34. The second kappa shape index (κ2) is 12.4. The first-order valence-corrected chi connectivity index (χ1v) is 14.5. The molecule has 5 aromatic carbocycles.